The van der Waals surface area contributed by atoms with Crippen molar-refractivity contribution in [3.8, 4) is 6.07 Å². The Hall–Kier alpha value is -2.29. The maximum absolute atomic E-state index is 10.4. The topological polar surface area (TPSA) is 85.9 Å². The van der Waals surface area contributed by atoms with Gasteiger partial charge in [-0.2, -0.15) is 5.26 Å². The van der Waals surface area contributed by atoms with Crippen molar-refractivity contribution in [3.05, 3.63) is 34.1 Å². The molecule has 0 aliphatic heterocycles. The zero-order valence-electron chi connectivity index (χ0n) is 7.83. The van der Waals surface area contributed by atoms with Crippen LogP contribution in [0.25, 0.3) is 0 Å². The quantitative estimate of drug-likeness (QED) is 0.544. The van der Waals surface area contributed by atoms with Gasteiger partial charge >= 0.3 is 0 Å². The molecule has 6 nitrogen and oxygen atoms in total. The maximum atomic E-state index is 10.4. The Bertz CT molecular complexity index is 382. The van der Waals surface area contributed by atoms with Gasteiger partial charge in [-0.25, -0.2) is 5.01 Å². The first-order valence-electron chi connectivity index (χ1n) is 4.23. The molecule has 0 aliphatic rings. The van der Waals surface area contributed by atoms with Crippen molar-refractivity contribution in [2.75, 3.05) is 11.6 Å². The monoisotopic (exact) mass is 204 g/mol. The smallest absolute Gasteiger partial charge is 0.108 e. The Labute approximate surface area is 86.0 Å². The highest BCUT2D eigenvalue weighted by Gasteiger charge is 2.05. The number of hydrogen-bond acceptors (Lipinski definition) is 5. The van der Waals surface area contributed by atoms with E-state index in [0.717, 1.165) is 5.01 Å². The van der Waals surface area contributed by atoms with Gasteiger partial charge in [0.15, 0.2) is 0 Å². The van der Waals surface area contributed by atoms with Gasteiger partial charge in [-0.15, -0.1) is 9.81 Å². The summed E-state index contributed by atoms with van der Waals surface area (Å²) in [6.45, 7) is 0.230. The van der Waals surface area contributed by atoms with Crippen LogP contribution in [0, 0.1) is 21.1 Å². The summed E-state index contributed by atoms with van der Waals surface area (Å²) in [6.07, 6.45) is 0.208. The molecule has 1 aromatic carbocycles. The Morgan fingerprint density at radius 1 is 1.27 bits per heavy atom. The molecule has 0 bridgehead atoms. The van der Waals surface area contributed by atoms with Crippen molar-refractivity contribution in [2.24, 2.45) is 10.5 Å². The second-order valence-corrected chi connectivity index (χ2v) is 2.72. The lowest BCUT2D eigenvalue weighted by atomic mass is 10.2. The molecule has 1 rings (SSSR count). The fourth-order valence-corrected chi connectivity index (χ4v) is 1.06. The number of nitrogens with zero attached hydrogens (tertiary/aromatic N) is 4. The third-order valence-electron chi connectivity index (χ3n) is 1.79. The standard InChI is InChI=1S/C9H8N4O2/c10-6-1-7-13(12-15)9-4-2-8(11-14)3-5-9/h2-5H,1,7H2. The van der Waals surface area contributed by atoms with Crippen LogP contribution in [0.3, 0.4) is 0 Å². The fraction of sp³-hybridized carbons (Fsp3) is 0.222. The third kappa shape index (κ3) is 2.84. The van der Waals surface area contributed by atoms with Gasteiger partial charge in [0.1, 0.15) is 5.69 Å². The number of benzene rings is 1. The zero-order chi connectivity index (χ0) is 11.1. The highest BCUT2D eigenvalue weighted by atomic mass is 16.3. The minimum Gasteiger partial charge on any atom is -0.228 e. The van der Waals surface area contributed by atoms with Crippen molar-refractivity contribution < 1.29 is 0 Å². The molecule has 0 saturated heterocycles. The summed E-state index contributed by atoms with van der Waals surface area (Å²) in [4.78, 5) is 20.6. The number of nitriles is 1. The van der Waals surface area contributed by atoms with Gasteiger partial charge < -0.3 is 0 Å². The molecule has 0 spiro atoms. The summed E-state index contributed by atoms with van der Waals surface area (Å²) in [6, 6.07) is 7.98. The molecule has 1 aromatic rings. The molecule has 0 fully saturated rings. The van der Waals surface area contributed by atoms with Crippen LogP contribution < -0.4 is 5.01 Å². The molecular weight excluding hydrogens is 196 g/mol. The number of hydrogen-bond donors (Lipinski definition) is 0. The van der Waals surface area contributed by atoms with Crippen molar-refractivity contribution in [2.45, 2.75) is 6.42 Å². The van der Waals surface area contributed by atoms with Crippen molar-refractivity contribution in [1.82, 2.24) is 0 Å². The van der Waals surface area contributed by atoms with Crippen LogP contribution >= 0.6 is 0 Å². The summed E-state index contributed by atoms with van der Waals surface area (Å²) in [7, 11) is 0. The summed E-state index contributed by atoms with van der Waals surface area (Å²) in [5, 5.41) is 15.0. The molecule has 0 unspecified atom stereocenters. The molecule has 0 atom stereocenters. The van der Waals surface area contributed by atoms with Crippen molar-refractivity contribution >= 4 is 11.4 Å². The third-order valence-corrected chi connectivity index (χ3v) is 1.79. The van der Waals surface area contributed by atoms with E-state index in [1.807, 2.05) is 6.07 Å². The van der Waals surface area contributed by atoms with Crippen LogP contribution in [0.1, 0.15) is 6.42 Å². The Kier molecular flexibility index (Phi) is 3.91. The Morgan fingerprint density at radius 2 is 1.93 bits per heavy atom. The molecule has 0 aromatic heterocycles. The van der Waals surface area contributed by atoms with Gasteiger partial charge in [0.25, 0.3) is 0 Å². The molecule has 0 aliphatic carbocycles. The molecule has 0 heterocycles. The lowest BCUT2D eigenvalue weighted by molar-refractivity contribution is 0.840. The summed E-state index contributed by atoms with van der Waals surface area (Å²) in [5.41, 5.74) is 0.817. The number of nitroso groups, excluding NO2 is 2. The van der Waals surface area contributed by atoms with E-state index in [9.17, 15) is 9.81 Å². The van der Waals surface area contributed by atoms with E-state index < -0.39 is 0 Å². The molecule has 15 heavy (non-hydrogen) atoms. The zero-order valence-corrected chi connectivity index (χ0v) is 7.83. The van der Waals surface area contributed by atoms with Crippen molar-refractivity contribution in [3.63, 3.8) is 0 Å². The summed E-state index contributed by atoms with van der Waals surface area (Å²) < 4.78 is 0. The van der Waals surface area contributed by atoms with E-state index >= 15 is 0 Å². The first-order valence-corrected chi connectivity index (χ1v) is 4.23. The molecule has 76 valence electrons. The van der Waals surface area contributed by atoms with Gasteiger partial charge in [-0.1, -0.05) is 0 Å². The van der Waals surface area contributed by atoms with E-state index in [0.29, 0.717) is 5.69 Å². The average molecular weight is 204 g/mol. The molecular formula is C9H8N4O2. The van der Waals surface area contributed by atoms with Crippen LogP contribution in [-0.4, -0.2) is 6.54 Å². The SMILES string of the molecule is N#CCCN(N=O)c1ccc(N=O)cc1. The average Bonchev–Trinajstić information content (AvgIpc) is 2.31. The Balaban J connectivity index is 2.79. The highest BCUT2D eigenvalue weighted by Crippen LogP contribution is 2.19. The van der Waals surface area contributed by atoms with Crippen molar-refractivity contribution in [1.29, 1.82) is 5.26 Å². The van der Waals surface area contributed by atoms with E-state index in [1.54, 1.807) is 12.1 Å². The minimum absolute atomic E-state index is 0.208. The van der Waals surface area contributed by atoms with E-state index in [1.165, 1.54) is 12.1 Å². The normalized spacial score (nSPS) is 9.00. The first kappa shape index (κ1) is 10.8. The molecule has 0 N–H and O–H groups in total. The van der Waals surface area contributed by atoms with Crippen LogP contribution in [0.5, 0.6) is 0 Å². The van der Waals surface area contributed by atoms with Gasteiger partial charge in [0.05, 0.1) is 30.0 Å². The summed E-state index contributed by atoms with van der Waals surface area (Å²) in [5.74, 6) is 0. The van der Waals surface area contributed by atoms with Crippen LogP contribution in [0.15, 0.2) is 34.7 Å². The van der Waals surface area contributed by atoms with E-state index in [-0.39, 0.29) is 18.7 Å². The minimum atomic E-state index is 0.208. The molecule has 0 amide bonds. The van der Waals surface area contributed by atoms with E-state index in [2.05, 4.69) is 10.5 Å². The lowest BCUT2D eigenvalue weighted by Gasteiger charge is -2.12. The second kappa shape index (κ2) is 5.44. The largest absolute Gasteiger partial charge is 0.228 e. The van der Waals surface area contributed by atoms with Crippen LogP contribution in [0.4, 0.5) is 11.4 Å². The predicted octanol–water partition coefficient (Wildman–Crippen LogP) is 2.49. The highest BCUT2D eigenvalue weighted by molar-refractivity contribution is 5.52. The molecule has 0 saturated carbocycles. The molecule has 6 heteroatoms. The fourth-order valence-electron chi connectivity index (χ4n) is 1.06. The maximum Gasteiger partial charge on any atom is 0.108 e. The number of rotatable bonds is 5. The lowest BCUT2D eigenvalue weighted by Crippen LogP contribution is -2.15. The van der Waals surface area contributed by atoms with Crippen LogP contribution in [0.2, 0.25) is 0 Å². The second-order valence-electron chi connectivity index (χ2n) is 2.72. The van der Waals surface area contributed by atoms with E-state index in [4.69, 9.17) is 5.26 Å². The van der Waals surface area contributed by atoms with Gasteiger partial charge in [-0.3, -0.25) is 0 Å². The summed E-state index contributed by atoms with van der Waals surface area (Å²) >= 11 is 0. The molecule has 0 radical (unpaired) electrons. The van der Waals surface area contributed by atoms with Gasteiger partial charge in [0.2, 0.25) is 0 Å². The van der Waals surface area contributed by atoms with Gasteiger partial charge in [-0.05, 0) is 29.4 Å². The van der Waals surface area contributed by atoms with Crippen LogP contribution in [-0.2, 0) is 0 Å². The van der Waals surface area contributed by atoms with Gasteiger partial charge in [0, 0.05) is 0 Å². The number of anilines is 1. The predicted molar refractivity (Wildman–Crippen MR) is 55.3 cm³/mol. The first-order chi connectivity index (χ1) is 7.31. The Morgan fingerprint density at radius 3 is 2.40 bits per heavy atom.